The van der Waals surface area contributed by atoms with Crippen molar-refractivity contribution in [2.24, 2.45) is 0 Å². The number of ether oxygens (including phenoxy) is 1. The summed E-state index contributed by atoms with van der Waals surface area (Å²) in [5.41, 5.74) is 0. The predicted molar refractivity (Wildman–Crippen MR) is 57.0 cm³/mol. The molecule has 0 aliphatic heterocycles. The largest absolute Gasteiger partial charge is 0.411 e. The highest BCUT2D eigenvalue weighted by atomic mass is 19.4. The van der Waals surface area contributed by atoms with Gasteiger partial charge < -0.3 is 10.1 Å². The highest BCUT2D eigenvalue weighted by Crippen LogP contribution is 2.14. The summed E-state index contributed by atoms with van der Waals surface area (Å²) in [6.07, 6.45) is 3.40. The number of hydrogen-bond donors (Lipinski definition) is 1. The molecular formula is C11H18F3NO. The molecule has 0 aromatic heterocycles. The molecule has 1 N–H and O–H groups in total. The Bertz CT molecular complexity index is 210. The van der Waals surface area contributed by atoms with Gasteiger partial charge in [-0.2, -0.15) is 13.2 Å². The Morgan fingerprint density at radius 2 is 2.12 bits per heavy atom. The van der Waals surface area contributed by atoms with Gasteiger partial charge in [-0.05, 0) is 19.4 Å². The zero-order valence-corrected chi connectivity index (χ0v) is 9.44. The first-order chi connectivity index (χ1) is 7.49. The molecule has 0 bridgehead atoms. The third-order valence-electron chi connectivity index (χ3n) is 1.90. The second kappa shape index (κ2) is 8.43. The van der Waals surface area contributed by atoms with Gasteiger partial charge in [0.2, 0.25) is 0 Å². The summed E-state index contributed by atoms with van der Waals surface area (Å²) in [7, 11) is 0. The Balaban J connectivity index is 3.36. The first-order valence-electron chi connectivity index (χ1n) is 5.33. The van der Waals surface area contributed by atoms with Crippen LogP contribution in [0, 0.1) is 12.3 Å². The summed E-state index contributed by atoms with van der Waals surface area (Å²) in [6.45, 7) is 1.52. The van der Waals surface area contributed by atoms with Gasteiger partial charge in [0.05, 0.1) is 6.04 Å². The van der Waals surface area contributed by atoms with Crippen LogP contribution in [-0.4, -0.2) is 32.0 Å². The first kappa shape index (κ1) is 15.3. The lowest BCUT2D eigenvalue weighted by Gasteiger charge is -2.12. The molecule has 0 radical (unpaired) electrons. The van der Waals surface area contributed by atoms with Gasteiger partial charge in [-0.3, -0.25) is 0 Å². The van der Waals surface area contributed by atoms with Crippen molar-refractivity contribution in [3.63, 3.8) is 0 Å². The van der Waals surface area contributed by atoms with Gasteiger partial charge in [0.25, 0.3) is 0 Å². The van der Waals surface area contributed by atoms with E-state index in [0.29, 0.717) is 13.0 Å². The van der Waals surface area contributed by atoms with E-state index in [1.807, 2.05) is 6.92 Å². The molecule has 0 fully saturated rings. The molecule has 1 unspecified atom stereocenters. The van der Waals surface area contributed by atoms with Crippen LogP contribution >= 0.6 is 0 Å². The standard InChI is InChI=1S/C11H18F3NO/c1-3-6-10(4-2)15-7-5-8-16-9-11(12,13)14/h2,10,15H,3,5-9H2,1H3. The summed E-state index contributed by atoms with van der Waals surface area (Å²) >= 11 is 0. The maximum atomic E-state index is 11.7. The SMILES string of the molecule is C#CC(CCC)NCCCOCC(F)(F)F. The molecule has 0 rings (SSSR count). The number of alkyl halides is 3. The second-order valence-electron chi connectivity index (χ2n) is 3.48. The maximum absolute atomic E-state index is 11.7. The van der Waals surface area contributed by atoms with Gasteiger partial charge in [0, 0.05) is 6.61 Å². The van der Waals surface area contributed by atoms with Crippen molar-refractivity contribution >= 4 is 0 Å². The minimum Gasteiger partial charge on any atom is -0.372 e. The van der Waals surface area contributed by atoms with Crippen LogP contribution in [0.15, 0.2) is 0 Å². The number of terminal acetylenes is 1. The van der Waals surface area contributed by atoms with Crippen LogP contribution < -0.4 is 5.32 Å². The summed E-state index contributed by atoms with van der Waals surface area (Å²) in [5.74, 6) is 2.59. The van der Waals surface area contributed by atoms with E-state index in [1.165, 1.54) is 0 Å². The van der Waals surface area contributed by atoms with Crippen molar-refractivity contribution in [3.8, 4) is 12.3 Å². The van der Waals surface area contributed by atoms with E-state index in [0.717, 1.165) is 12.8 Å². The summed E-state index contributed by atoms with van der Waals surface area (Å²) in [4.78, 5) is 0. The van der Waals surface area contributed by atoms with Crippen LogP contribution in [0.3, 0.4) is 0 Å². The van der Waals surface area contributed by atoms with Gasteiger partial charge in [-0.1, -0.05) is 19.3 Å². The summed E-state index contributed by atoms with van der Waals surface area (Å²) in [5, 5.41) is 3.07. The summed E-state index contributed by atoms with van der Waals surface area (Å²) < 4.78 is 39.5. The van der Waals surface area contributed by atoms with E-state index in [-0.39, 0.29) is 12.6 Å². The fourth-order valence-electron chi connectivity index (χ4n) is 1.17. The lowest BCUT2D eigenvalue weighted by atomic mass is 10.2. The van der Waals surface area contributed by atoms with Gasteiger partial charge in [-0.25, -0.2) is 0 Å². The molecule has 1 atom stereocenters. The highest BCUT2D eigenvalue weighted by molar-refractivity contribution is 4.98. The average Bonchev–Trinajstić information content (AvgIpc) is 2.20. The highest BCUT2D eigenvalue weighted by Gasteiger charge is 2.27. The van der Waals surface area contributed by atoms with Crippen molar-refractivity contribution in [2.45, 2.75) is 38.4 Å². The zero-order chi connectivity index (χ0) is 12.4. The molecule has 0 aromatic carbocycles. The first-order valence-corrected chi connectivity index (χ1v) is 5.33. The number of nitrogens with one attached hydrogen (secondary N) is 1. The molecular weight excluding hydrogens is 219 g/mol. The third-order valence-corrected chi connectivity index (χ3v) is 1.90. The van der Waals surface area contributed by atoms with Gasteiger partial charge in [-0.15, -0.1) is 6.42 Å². The van der Waals surface area contributed by atoms with Crippen molar-refractivity contribution in [1.82, 2.24) is 5.32 Å². The zero-order valence-electron chi connectivity index (χ0n) is 9.44. The van der Waals surface area contributed by atoms with E-state index in [2.05, 4.69) is 16.0 Å². The molecule has 16 heavy (non-hydrogen) atoms. The van der Waals surface area contributed by atoms with Crippen molar-refractivity contribution in [2.75, 3.05) is 19.8 Å². The minimum absolute atomic E-state index is 0.00705. The van der Waals surface area contributed by atoms with Gasteiger partial charge in [0.15, 0.2) is 0 Å². The smallest absolute Gasteiger partial charge is 0.372 e. The molecule has 0 spiro atoms. The third kappa shape index (κ3) is 9.81. The normalized spacial score (nSPS) is 13.4. The fraction of sp³-hybridized carbons (Fsp3) is 0.818. The molecule has 0 saturated heterocycles. The van der Waals surface area contributed by atoms with Crippen molar-refractivity contribution in [3.05, 3.63) is 0 Å². The lowest BCUT2D eigenvalue weighted by Crippen LogP contribution is -2.29. The molecule has 0 aliphatic rings. The average molecular weight is 237 g/mol. The van der Waals surface area contributed by atoms with Crippen molar-refractivity contribution < 1.29 is 17.9 Å². The van der Waals surface area contributed by atoms with E-state index < -0.39 is 12.8 Å². The van der Waals surface area contributed by atoms with Gasteiger partial charge >= 0.3 is 6.18 Å². The van der Waals surface area contributed by atoms with E-state index >= 15 is 0 Å². The van der Waals surface area contributed by atoms with Crippen LogP contribution in [0.25, 0.3) is 0 Å². The predicted octanol–water partition coefficient (Wildman–Crippen LogP) is 2.35. The quantitative estimate of drug-likeness (QED) is 0.517. The number of halogens is 3. The molecule has 0 saturated carbocycles. The Kier molecular flexibility index (Phi) is 8.04. The molecule has 94 valence electrons. The van der Waals surface area contributed by atoms with Crippen LogP contribution in [0.2, 0.25) is 0 Å². The topological polar surface area (TPSA) is 21.3 Å². The molecule has 0 aromatic rings. The molecule has 5 heteroatoms. The van der Waals surface area contributed by atoms with Gasteiger partial charge in [0.1, 0.15) is 6.61 Å². The monoisotopic (exact) mass is 237 g/mol. The van der Waals surface area contributed by atoms with Crippen LogP contribution in [0.5, 0.6) is 0 Å². The summed E-state index contributed by atoms with van der Waals surface area (Å²) in [6, 6.07) is 0.00705. The number of hydrogen-bond acceptors (Lipinski definition) is 2. The fourth-order valence-corrected chi connectivity index (χ4v) is 1.17. The maximum Gasteiger partial charge on any atom is 0.411 e. The molecule has 2 nitrogen and oxygen atoms in total. The Hall–Kier alpha value is -0.730. The van der Waals surface area contributed by atoms with Crippen LogP contribution in [0.1, 0.15) is 26.2 Å². The van der Waals surface area contributed by atoms with E-state index in [4.69, 9.17) is 6.42 Å². The molecule has 0 aliphatic carbocycles. The Morgan fingerprint density at radius 1 is 1.44 bits per heavy atom. The second-order valence-corrected chi connectivity index (χ2v) is 3.48. The van der Waals surface area contributed by atoms with E-state index in [9.17, 15) is 13.2 Å². The van der Waals surface area contributed by atoms with Crippen LogP contribution in [0.4, 0.5) is 13.2 Å². The number of rotatable bonds is 8. The lowest BCUT2D eigenvalue weighted by molar-refractivity contribution is -0.173. The Labute approximate surface area is 94.5 Å². The van der Waals surface area contributed by atoms with E-state index in [1.54, 1.807) is 0 Å². The minimum atomic E-state index is -4.24. The van der Waals surface area contributed by atoms with Crippen molar-refractivity contribution in [1.29, 1.82) is 0 Å². The van der Waals surface area contributed by atoms with Crippen LogP contribution in [-0.2, 0) is 4.74 Å². The molecule has 0 amide bonds. The molecule has 0 heterocycles. The Morgan fingerprint density at radius 3 is 2.62 bits per heavy atom.